The van der Waals surface area contributed by atoms with Crippen molar-refractivity contribution in [3.63, 3.8) is 0 Å². The second-order valence-corrected chi connectivity index (χ2v) is 3.47. The zero-order valence-electron chi connectivity index (χ0n) is 8.42. The molecule has 1 aromatic heterocycles. The van der Waals surface area contributed by atoms with E-state index in [0.29, 0.717) is 5.82 Å². The summed E-state index contributed by atoms with van der Waals surface area (Å²) in [6, 6.07) is 6.42. The maximum absolute atomic E-state index is 13.0. The quantitative estimate of drug-likeness (QED) is 0.808. The smallest absolute Gasteiger partial charge is 0.130 e. The van der Waals surface area contributed by atoms with Crippen molar-refractivity contribution < 1.29 is 4.39 Å². The van der Waals surface area contributed by atoms with Crippen LogP contribution < -0.4 is 5.32 Å². The van der Waals surface area contributed by atoms with E-state index in [1.54, 1.807) is 18.3 Å². The first-order valence-electron chi connectivity index (χ1n) is 4.63. The van der Waals surface area contributed by atoms with Gasteiger partial charge in [-0.1, -0.05) is 6.58 Å². The lowest BCUT2D eigenvalue weighted by Gasteiger charge is -2.05. The third kappa shape index (κ3) is 2.13. The van der Waals surface area contributed by atoms with Crippen LogP contribution in [0.25, 0.3) is 10.8 Å². The zero-order valence-corrected chi connectivity index (χ0v) is 8.42. The summed E-state index contributed by atoms with van der Waals surface area (Å²) in [4.78, 5) is 4.18. The average Bonchev–Trinajstić information content (AvgIpc) is 2.16. The van der Waals surface area contributed by atoms with Crippen molar-refractivity contribution in [3.05, 3.63) is 48.6 Å². The minimum atomic E-state index is -0.241. The van der Waals surface area contributed by atoms with Gasteiger partial charge in [-0.25, -0.2) is 9.37 Å². The summed E-state index contributed by atoms with van der Waals surface area (Å²) >= 11 is 0. The molecule has 2 rings (SSSR count). The van der Waals surface area contributed by atoms with Gasteiger partial charge in [0.1, 0.15) is 11.6 Å². The second-order valence-electron chi connectivity index (χ2n) is 3.47. The fourth-order valence-electron chi connectivity index (χ4n) is 1.40. The van der Waals surface area contributed by atoms with Gasteiger partial charge >= 0.3 is 0 Å². The molecule has 15 heavy (non-hydrogen) atoms. The van der Waals surface area contributed by atoms with Gasteiger partial charge in [0.2, 0.25) is 0 Å². The average molecular weight is 202 g/mol. The van der Waals surface area contributed by atoms with Crippen molar-refractivity contribution in [2.45, 2.75) is 6.92 Å². The van der Waals surface area contributed by atoms with Gasteiger partial charge in [-0.05, 0) is 36.6 Å². The largest absolute Gasteiger partial charge is 0.345 e. The molecule has 1 heterocycles. The lowest BCUT2D eigenvalue weighted by Crippen LogP contribution is -1.96. The van der Waals surface area contributed by atoms with Crippen molar-refractivity contribution in [1.82, 2.24) is 4.98 Å². The molecule has 0 fully saturated rings. The van der Waals surface area contributed by atoms with E-state index in [0.717, 1.165) is 16.5 Å². The standard InChI is InChI=1S/C12H11FN2/c1-8(2)15-12-6-10-5-11(13)4-3-9(10)7-14-12/h3-7H,1H2,2H3,(H,14,15). The number of anilines is 1. The Morgan fingerprint density at radius 2 is 2.13 bits per heavy atom. The number of pyridine rings is 1. The molecule has 1 N–H and O–H groups in total. The molecule has 0 unspecified atom stereocenters. The molecular formula is C12H11FN2. The highest BCUT2D eigenvalue weighted by Crippen LogP contribution is 2.18. The minimum absolute atomic E-state index is 0.241. The summed E-state index contributed by atoms with van der Waals surface area (Å²) in [5.41, 5.74) is 0.804. The van der Waals surface area contributed by atoms with Crippen LogP contribution in [0.4, 0.5) is 10.2 Å². The molecule has 0 saturated heterocycles. The van der Waals surface area contributed by atoms with Gasteiger partial charge < -0.3 is 5.32 Å². The molecule has 0 atom stereocenters. The number of aromatic nitrogens is 1. The Balaban J connectivity index is 2.49. The molecule has 3 heteroatoms. The summed E-state index contributed by atoms with van der Waals surface area (Å²) in [6.07, 6.45) is 1.71. The van der Waals surface area contributed by atoms with E-state index in [1.807, 2.05) is 6.92 Å². The summed E-state index contributed by atoms with van der Waals surface area (Å²) in [5, 5.41) is 4.74. The van der Waals surface area contributed by atoms with Crippen LogP contribution in [0.5, 0.6) is 0 Å². The van der Waals surface area contributed by atoms with Gasteiger partial charge in [0, 0.05) is 17.3 Å². The van der Waals surface area contributed by atoms with Gasteiger partial charge in [0.05, 0.1) is 0 Å². The summed E-state index contributed by atoms with van der Waals surface area (Å²) in [6.45, 7) is 5.57. The van der Waals surface area contributed by atoms with Crippen molar-refractivity contribution in [3.8, 4) is 0 Å². The number of benzene rings is 1. The Morgan fingerprint density at radius 3 is 2.87 bits per heavy atom. The number of allylic oxidation sites excluding steroid dienone is 1. The first-order valence-corrected chi connectivity index (χ1v) is 4.63. The number of hydrogen-bond acceptors (Lipinski definition) is 2. The minimum Gasteiger partial charge on any atom is -0.345 e. The third-order valence-corrected chi connectivity index (χ3v) is 2.03. The highest BCUT2D eigenvalue weighted by Gasteiger charge is 1.99. The normalized spacial score (nSPS) is 10.3. The van der Waals surface area contributed by atoms with Crippen LogP contribution in [0.2, 0.25) is 0 Å². The molecule has 76 valence electrons. The first-order chi connectivity index (χ1) is 7.15. The number of fused-ring (bicyclic) bond motifs is 1. The molecule has 0 radical (unpaired) electrons. The predicted octanol–water partition coefficient (Wildman–Crippen LogP) is 3.32. The van der Waals surface area contributed by atoms with Crippen LogP contribution in [-0.4, -0.2) is 4.98 Å². The van der Waals surface area contributed by atoms with Gasteiger partial charge in [-0.2, -0.15) is 0 Å². The summed E-state index contributed by atoms with van der Waals surface area (Å²) in [5.74, 6) is 0.440. The number of halogens is 1. The maximum Gasteiger partial charge on any atom is 0.130 e. The fourth-order valence-corrected chi connectivity index (χ4v) is 1.40. The molecule has 0 aliphatic carbocycles. The molecular weight excluding hydrogens is 191 g/mol. The van der Waals surface area contributed by atoms with Gasteiger partial charge in [0.25, 0.3) is 0 Å². The molecule has 0 bridgehead atoms. The van der Waals surface area contributed by atoms with Crippen LogP contribution in [0, 0.1) is 5.82 Å². The lowest BCUT2D eigenvalue weighted by atomic mass is 10.2. The third-order valence-electron chi connectivity index (χ3n) is 2.03. The SMILES string of the molecule is C=C(C)Nc1cc2cc(F)ccc2cn1. The van der Waals surface area contributed by atoms with Crippen molar-refractivity contribution in [1.29, 1.82) is 0 Å². The molecule has 0 aliphatic rings. The van der Waals surface area contributed by atoms with Gasteiger partial charge in [0.15, 0.2) is 0 Å². The Hall–Kier alpha value is -1.90. The van der Waals surface area contributed by atoms with Crippen LogP contribution in [-0.2, 0) is 0 Å². The molecule has 0 saturated carbocycles. The Morgan fingerprint density at radius 1 is 1.33 bits per heavy atom. The Kier molecular flexibility index (Phi) is 2.37. The van der Waals surface area contributed by atoms with E-state index in [9.17, 15) is 4.39 Å². The lowest BCUT2D eigenvalue weighted by molar-refractivity contribution is 0.630. The number of hydrogen-bond donors (Lipinski definition) is 1. The highest BCUT2D eigenvalue weighted by molar-refractivity contribution is 5.84. The van der Waals surface area contributed by atoms with Crippen LogP contribution in [0.1, 0.15) is 6.92 Å². The molecule has 0 amide bonds. The maximum atomic E-state index is 13.0. The van der Waals surface area contributed by atoms with Crippen molar-refractivity contribution in [2.75, 3.05) is 5.32 Å². The van der Waals surface area contributed by atoms with Gasteiger partial charge in [-0.3, -0.25) is 0 Å². The highest BCUT2D eigenvalue weighted by atomic mass is 19.1. The van der Waals surface area contributed by atoms with Crippen molar-refractivity contribution >= 4 is 16.6 Å². The number of nitrogens with one attached hydrogen (secondary N) is 1. The van der Waals surface area contributed by atoms with E-state index in [4.69, 9.17) is 0 Å². The number of rotatable bonds is 2. The molecule has 0 aliphatic heterocycles. The van der Waals surface area contributed by atoms with Gasteiger partial charge in [-0.15, -0.1) is 0 Å². The van der Waals surface area contributed by atoms with E-state index in [1.165, 1.54) is 12.1 Å². The Bertz CT molecular complexity index is 520. The first kappa shape index (κ1) is 9.65. The van der Waals surface area contributed by atoms with Crippen LogP contribution >= 0.6 is 0 Å². The molecule has 2 aromatic rings. The zero-order chi connectivity index (χ0) is 10.8. The molecule has 0 spiro atoms. The van der Waals surface area contributed by atoms with Crippen molar-refractivity contribution in [2.24, 2.45) is 0 Å². The summed E-state index contributed by atoms with van der Waals surface area (Å²) < 4.78 is 13.0. The van der Waals surface area contributed by atoms with E-state index < -0.39 is 0 Å². The Labute approximate surface area is 87.5 Å². The molecule has 1 aromatic carbocycles. The fraction of sp³-hybridized carbons (Fsp3) is 0.0833. The van der Waals surface area contributed by atoms with E-state index in [-0.39, 0.29) is 5.82 Å². The van der Waals surface area contributed by atoms with Crippen LogP contribution in [0.3, 0.4) is 0 Å². The van der Waals surface area contributed by atoms with Crippen LogP contribution in [0.15, 0.2) is 42.7 Å². The second kappa shape index (κ2) is 3.69. The number of nitrogens with zero attached hydrogens (tertiary/aromatic N) is 1. The summed E-state index contributed by atoms with van der Waals surface area (Å²) in [7, 11) is 0. The van der Waals surface area contributed by atoms with E-state index >= 15 is 0 Å². The monoisotopic (exact) mass is 202 g/mol. The predicted molar refractivity (Wildman–Crippen MR) is 60.1 cm³/mol. The van der Waals surface area contributed by atoms with E-state index in [2.05, 4.69) is 16.9 Å². The molecule has 2 nitrogen and oxygen atoms in total. The topological polar surface area (TPSA) is 24.9 Å².